The SMILES string of the molecule is COc1cc(O)cc2c1C(=O)c1c(O)cc(C[C@H](C)O)cc1C2=O. The number of methoxy groups -OCH3 is 1. The van der Waals surface area contributed by atoms with Crippen molar-refractivity contribution in [3.63, 3.8) is 0 Å². The Morgan fingerprint density at radius 1 is 1.00 bits per heavy atom. The molecule has 0 saturated carbocycles. The third kappa shape index (κ3) is 2.41. The molecular weight excluding hydrogens is 312 g/mol. The monoisotopic (exact) mass is 328 g/mol. The summed E-state index contributed by atoms with van der Waals surface area (Å²) in [5.74, 6) is -1.47. The van der Waals surface area contributed by atoms with Gasteiger partial charge in [-0.1, -0.05) is 0 Å². The number of fused-ring (bicyclic) bond motifs is 2. The number of hydrogen-bond acceptors (Lipinski definition) is 6. The molecule has 1 aliphatic carbocycles. The van der Waals surface area contributed by atoms with Crippen LogP contribution in [0.5, 0.6) is 17.2 Å². The first-order valence-electron chi connectivity index (χ1n) is 7.37. The highest BCUT2D eigenvalue weighted by Gasteiger charge is 2.35. The summed E-state index contributed by atoms with van der Waals surface area (Å²) in [6, 6.07) is 5.31. The van der Waals surface area contributed by atoms with Crippen LogP contribution in [0.4, 0.5) is 0 Å². The van der Waals surface area contributed by atoms with Crippen molar-refractivity contribution < 1.29 is 29.6 Å². The molecule has 0 spiro atoms. The quantitative estimate of drug-likeness (QED) is 0.677. The first-order chi connectivity index (χ1) is 11.3. The average Bonchev–Trinajstić information content (AvgIpc) is 2.50. The maximum absolute atomic E-state index is 12.8. The molecule has 3 N–H and O–H groups in total. The van der Waals surface area contributed by atoms with E-state index in [1.54, 1.807) is 6.92 Å². The van der Waals surface area contributed by atoms with Crippen LogP contribution in [-0.4, -0.2) is 40.1 Å². The van der Waals surface area contributed by atoms with Gasteiger partial charge in [0.25, 0.3) is 0 Å². The number of aliphatic hydroxyl groups is 1. The van der Waals surface area contributed by atoms with Crippen LogP contribution in [0.3, 0.4) is 0 Å². The second-order valence-corrected chi connectivity index (χ2v) is 5.82. The van der Waals surface area contributed by atoms with Crippen LogP contribution in [0, 0.1) is 0 Å². The molecular formula is C18H16O6. The summed E-state index contributed by atoms with van der Waals surface area (Å²) in [6.45, 7) is 1.58. The van der Waals surface area contributed by atoms with E-state index in [1.165, 1.54) is 31.4 Å². The van der Waals surface area contributed by atoms with Crippen molar-refractivity contribution in [1.82, 2.24) is 0 Å². The Kier molecular flexibility index (Phi) is 3.77. The summed E-state index contributed by atoms with van der Waals surface area (Å²) in [6.07, 6.45) is -0.424. The van der Waals surface area contributed by atoms with E-state index in [2.05, 4.69) is 0 Å². The maximum atomic E-state index is 12.8. The largest absolute Gasteiger partial charge is 0.508 e. The summed E-state index contributed by atoms with van der Waals surface area (Å²) in [7, 11) is 1.33. The second kappa shape index (κ2) is 5.65. The molecule has 124 valence electrons. The van der Waals surface area contributed by atoms with Crippen molar-refractivity contribution in [2.45, 2.75) is 19.4 Å². The fourth-order valence-corrected chi connectivity index (χ4v) is 3.01. The second-order valence-electron chi connectivity index (χ2n) is 5.82. The van der Waals surface area contributed by atoms with Crippen molar-refractivity contribution >= 4 is 11.6 Å². The number of phenolic OH excluding ortho intramolecular Hbond substituents is 2. The zero-order valence-electron chi connectivity index (χ0n) is 13.2. The van der Waals surface area contributed by atoms with Gasteiger partial charge in [-0.3, -0.25) is 9.59 Å². The van der Waals surface area contributed by atoms with Crippen LogP contribution in [0.2, 0.25) is 0 Å². The van der Waals surface area contributed by atoms with Gasteiger partial charge in [-0.15, -0.1) is 0 Å². The normalized spacial score (nSPS) is 14.1. The highest BCUT2D eigenvalue weighted by Crippen LogP contribution is 2.39. The summed E-state index contributed by atoms with van der Waals surface area (Å²) in [5.41, 5.74) is 0.545. The zero-order valence-corrected chi connectivity index (χ0v) is 13.2. The van der Waals surface area contributed by atoms with Crippen LogP contribution in [0.15, 0.2) is 24.3 Å². The van der Waals surface area contributed by atoms with Crippen molar-refractivity contribution in [3.8, 4) is 17.2 Å². The Balaban J connectivity index is 2.25. The van der Waals surface area contributed by atoms with Gasteiger partial charge in [0.2, 0.25) is 5.78 Å². The van der Waals surface area contributed by atoms with E-state index in [1.807, 2.05) is 0 Å². The number of hydrogen-bond donors (Lipinski definition) is 3. The van der Waals surface area contributed by atoms with Crippen LogP contribution >= 0.6 is 0 Å². The molecule has 24 heavy (non-hydrogen) atoms. The summed E-state index contributed by atoms with van der Waals surface area (Å²) < 4.78 is 5.10. The van der Waals surface area contributed by atoms with Crippen molar-refractivity contribution in [3.05, 3.63) is 52.1 Å². The first-order valence-corrected chi connectivity index (χ1v) is 7.37. The molecule has 0 amide bonds. The third-order valence-corrected chi connectivity index (χ3v) is 3.96. The fraction of sp³-hybridized carbons (Fsp3) is 0.222. The number of aromatic hydroxyl groups is 2. The fourth-order valence-electron chi connectivity index (χ4n) is 3.01. The Morgan fingerprint density at radius 2 is 1.67 bits per heavy atom. The van der Waals surface area contributed by atoms with Gasteiger partial charge in [-0.2, -0.15) is 0 Å². The average molecular weight is 328 g/mol. The van der Waals surface area contributed by atoms with Crippen LogP contribution < -0.4 is 4.74 Å². The number of rotatable bonds is 3. The van der Waals surface area contributed by atoms with Crippen LogP contribution in [0.25, 0.3) is 0 Å². The molecule has 0 heterocycles. The summed E-state index contributed by atoms with van der Waals surface area (Å²) >= 11 is 0. The standard InChI is InChI=1S/C18H16O6/c1-8(19)3-9-4-11-15(13(21)5-9)18(23)16-12(17(11)22)6-10(20)7-14(16)24-2/h4-8,19-21H,3H2,1-2H3/t8-/m0/s1. The lowest BCUT2D eigenvalue weighted by Crippen LogP contribution is -2.22. The van der Waals surface area contributed by atoms with E-state index in [0.717, 1.165) is 0 Å². The van der Waals surface area contributed by atoms with Gasteiger partial charge in [-0.05, 0) is 37.1 Å². The minimum Gasteiger partial charge on any atom is -0.508 e. The van der Waals surface area contributed by atoms with Crippen molar-refractivity contribution in [2.24, 2.45) is 0 Å². The van der Waals surface area contributed by atoms with Crippen molar-refractivity contribution in [1.29, 1.82) is 0 Å². The molecule has 2 aromatic carbocycles. The van der Waals surface area contributed by atoms with Gasteiger partial charge in [0.1, 0.15) is 17.2 Å². The lowest BCUT2D eigenvalue weighted by atomic mass is 9.81. The molecule has 1 atom stereocenters. The van der Waals surface area contributed by atoms with Gasteiger partial charge in [0.15, 0.2) is 5.78 Å². The molecule has 0 aliphatic heterocycles. The van der Waals surface area contributed by atoms with Gasteiger partial charge >= 0.3 is 0 Å². The van der Waals surface area contributed by atoms with Gasteiger partial charge in [0, 0.05) is 17.2 Å². The van der Waals surface area contributed by atoms with Crippen LogP contribution in [-0.2, 0) is 6.42 Å². The van der Waals surface area contributed by atoms with E-state index in [9.17, 15) is 24.9 Å². The van der Waals surface area contributed by atoms with E-state index >= 15 is 0 Å². The predicted molar refractivity (Wildman–Crippen MR) is 85.0 cm³/mol. The van der Waals surface area contributed by atoms with Crippen LogP contribution in [0.1, 0.15) is 44.3 Å². The van der Waals surface area contributed by atoms with Gasteiger partial charge in [-0.25, -0.2) is 0 Å². The molecule has 3 rings (SSSR count). The highest BCUT2D eigenvalue weighted by molar-refractivity contribution is 6.30. The Morgan fingerprint density at radius 3 is 2.29 bits per heavy atom. The minimum absolute atomic E-state index is 0.0198. The Bertz CT molecular complexity index is 866. The molecule has 0 aromatic heterocycles. The number of phenols is 2. The number of carbonyl (C=O) groups is 2. The number of carbonyl (C=O) groups excluding carboxylic acids is 2. The lowest BCUT2D eigenvalue weighted by molar-refractivity contribution is 0.0973. The van der Waals surface area contributed by atoms with E-state index in [-0.39, 0.29) is 45.9 Å². The Hall–Kier alpha value is -2.86. The van der Waals surface area contributed by atoms with E-state index in [0.29, 0.717) is 5.56 Å². The molecule has 2 aromatic rings. The molecule has 6 nitrogen and oxygen atoms in total. The number of aliphatic hydroxyl groups excluding tert-OH is 1. The number of benzene rings is 2. The molecule has 0 radical (unpaired) electrons. The first kappa shape index (κ1) is 16.0. The summed E-state index contributed by atoms with van der Waals surface area (Å²) in [4.78, 5) is 25.5. The molecule has 0 saturated heterocycles. The minimum atomic E-state index is -0.659. The maximum Gasteiger partial charge on any atom is 0.201 e. The highest BCUT2D eigenvalue weighted by atomic mass is 16.5. The molecule has 1 aliphatic rings. The Labute approximate surface area is 137 Å². The number of ether oxygens (including phenoxy) is 1. The number of ketones is 2. The molecule has 0 unspecified atom stereocenters. The predicted octanol–water partition coefficient (Wildman–Crippen LogP) is 1.81. The summed E-state index contributed by atoms with van der Waals surface area (Å²) in [5, 5.41) is 29.5. The molecule has 6 heteroatoms. The molecule has 0 bridgehead atoms. The smallest absolute Gasteiger partial charge is 0.201 e. The zero-order chi connectivity index (χ0) is 17.6. The topological polar surface area (TPSA) is 104 Å². The van der Waals surface area contributed by atoms with Gasteiger partial charge in [0.05, 0.1) is 24.3 Å². The van der Waals surface area contributed by atoms with Gasteiger partial charge < -0.3 is 20.1 Å². The molecule has 0 fully saturated rings. The van der Waals surface area contributed by atoms with E-state index < -0.39 is 17.7 Å². The lowest BCUT2D eigenvalue weighted by Gasteiger charge is -2.21. The third-order valence-electron chi connectivity index (χ3n) is 3.96. The van der Waals surface area contributed by atoms with E-state index in [4.69, 9.17) is 4.74 Å². The van der Waals surface area contributed by atoms with Crippen molar-refractivity contribution in [2.75, 3.05) is 7.11 Å².